The standard InChI is InChI=1S/C24H29N3O5S/c1-4-32-20-6-5-7-21-22(20)25-24(33-21)27(9-8-26-10-12-31-13-11-26)23(28)17-14-18(29-2)16-19(15-17)30-3/h5-7,14-16H,4,8-13H2,1-3H3. The molecule has 0 aliphatic carbocycles. The number of nitrogens with zero attached hydrogens (tertiary/aromatic N) is 3. The molecule has 176 valence electrons. The summed E-state index contributed by atoms with van der Waals surface area (Å²) >= 11 is 1.48. The maximum absolute atomic E-state index is 13.7. The number of morpholine rings is 1. The van der Waals surface area contributed by atoms with Gasteiger partial charge in [-0.2, -0.15) is 0 Å². The lowest BCUT2D eigenvalue weighted by atomic mass is 10.1. The summed E-state index contributed by atoms with van der Waals surface area (Å²) in [5.74, 6) is 1.70. The van der Waals surface area contributed by atoms with Crippen LogP contribution in [0.3, 0.4) is 0 Å². The molecule has 1 aromatic heterocycles. The van der Waals surface area contributed by atoms with Gasteiger partial charge in [-0.25, -0.2) is 4.98 Å². The SMILES string of the molecule is CCOc1cccc2sc(N(CCN3CCOCC3)C(=O)c3cc(OC)cc(OC)c3)nc12. The predicted molar refractivity (Wildman–Crippen MR) is 129 cm³/mol. The molecule has 0 N–H and O–H groups in total. The molecule has 4 rings (SSSR count). The third kappa shape index (κ3) is 5.38. The average molecular weight is 472 g/mol. The molecule has 9 heteroatoms. The molecular weight excluding hydrogens is 442 g/mol. The van der Waals surface area contributed by atoms with E-state index in [-0.39, 0.29) is 5.91 Å². The van der Waals surface area contributed by atoms with Crippen molar-refractivity contribution >= 4 is 32.6 Å². The van der Waals surface area contributed by atoms with Gasteiger partial charge in [0, 0.05) is 37.8 Å². The van der Waals surface area contributed by atoms with E-state index >= 15 is 0 Å². The number of fused-ring (bicyclic) bond motifs is 1. The minimum atomic E-state index is -0.155. The van der Waals surface area contributed by atoms with Crippen LogP contribution >= 0.6 is 11.3 Å². The third-order valence-corrected chi connectivity index (χ3v) is 6.53. The zero-order chi connectivity index (χ0) is 23.2. The second-order valence-corrected chi connectivity index (χ2v) is 8.55. The Morgan fingerprint density at radius 1 is 1.15 bits per heavy atom. The first-order chi connectivity index (χ1) is 16.1. The Kier molecular flexibility index (Phi) is 7.64. The molecule has 0 saturated carbocycles. The second kappa shape index (κ2) is 10.8. The minimum absolute atomic E-state index is 0.155. The van der Waals surface area contributed by atoms with Gasteiger partial charge in [0.05, 0.1) is 38.7 Å². The summed E-state index contributed by atoms with van der Waals surface area (Å²) in [5, 5.41) is 0.636. The fraction of sp³-hybridized carbons (Fsp3) is 0.417. The van der Waals surface area contributed by atoms with E-state index < -0.39 is 0 Å². The van der Waals surface area contributed by atoms with Crippen LogP contribution < -0.4 is 19.1 Å². The zero-order valence-electron chi connectivity index (χ0n) is 19.2. The van der Waals surface area contributed by atoms with E-state index in [1.807, 2.05) is 25.1 Å². The smallest absolute Gasteiger partial charge is 0.260 e. The molecular formula is C24H29N3O5S. The molecule has 3 aromatic rings. The molecule has 0 bridgehead atoms. The van der Waals surface area contributed by atoms with Crippen LogP contribution in [0.1, 0.15) is 17.3 Å². The first-order valence-electron chi connectivity index (χ1n) is 11.0. The van der Waals surface area contributed by atoms with Gasteiger partial charge in [-0.3, -0.25) is 14.6 Å². The van der Waals surface area contributed by atoms with E-state index in [1.54, 1.807) is 37.3 Å². The monoisotopic (exact) mass is 471 g/mol. The largest absolute Gasteiger partial charge is 0.497 e. The highest BCUT2D eigenvalue weighted by molar-refractivity contribution is 7.22. The number of ether oxygens (including phenoxy) is 4. The fourth-order valence-electron chi connectivity index (χ4n) is 3.74. The summed E-state index contributed by atoms with van der Waals surface area (Å²) in [4.78, 5) is 22.6. The minimum Gasteiger partial charge on any atom is -0.497 e. The van der Waals surface area contributed by atoms with Crippen LogP contribution in [-0.2, 0) is 4.74 Å². The Hall–Kier alpha value is -2.88. The Balaban J connectivity index is 1.69. The molecule has 0 atom stereocenters. The van der Waals surface area contributed by atoms with Crippen molar-refractivity contribution in [3.63, 3.8) is 0 Å². The molecule has 2 heterocycles. The molecule has 2 aromatic carbocycles. The van der Waals surface area contributed by atoms with Crippen molar-refractivity contribution < 1.29 is 23.7 Å². The molecule has 1 fully saturated rings. The summed E-state index contributed by atoms with van der Waals surface area (Å²) in [6.07, 6.45) is 0. The third-order valence-electron chi connectivity index (χ3n) is 5.49. The highest BCUT2D eigenvalue weighted by atomic mass is 32.1. The summed E-state index contributed by atoms with van der Waals surface area (Å²) < 4.78 is 22.9. The molecule has 0 radical (unpaired) electrons. The number of rotatable bonds is 9. The van der Waals surface area contributed by atoms with Crippen LogP contribution in [0.4, 0.5) is 5.13 Å². The Labute approximate surface area is 197 Å². The molecule has 0 unspecified atom stereocenters. The maximum atomic E-state index is 13.7. The number of thiazole rings is 1. The van der Waals surface area contributed by atoms with Crippen molar-refractivity contribution in [3.8, 4) is 17.2 Å². The van der Waals surface area contributed by atoms with Gasteiger partial charge in [0.25, 0.3) is 5.91 Å². The number of hydrogen-bond acceptors (Lipinski definition) is 8. The summed E-state index contributed by atoms with van der Waals surface area (Å²) in [5.41, 5.74) is 1.25. The molecule has 1 aliphatic rings. The second-order valence-electron chi connectivity index (χ2n) is 7.54. The summed E-state index contributed by atoms with van der Waals surface area (Å²) in [7, 11) is 3.14. The van der Waals surface area contributed by atoms with Crippen molar-refractivity contribution in [3.05, 3.63) is 42.0 Å². The number of carbonyl (C=O) groups is 1. The van der Waals surface area contributed by atoms with Crippen molar-refractivity contribution in [1.82, 2.24) is 9.88 Å². The van der Waals surface area contributed by atoms with Crippen LogP contribution in [0.2, 0.25) is 0 Å². The van der Waals surface area contributed by atoms with Gasteiger partial charge >= 0.3 is 0 Å². The lowest BCUT2D eigenvalue weighted by molar-refractivity contribution is 0.0391. The molecule has 33 heavy (non-hydrogen) atoms. The lowest BCUT2D eigenvalue weighted by Gasteiger charge is -2.29. The van der Waals surface area contributed by atoms with Crippen LogP contribution in [0.25, 0.3) is 10.2 Å². The number of benzene rings is 2. The molecule has 1 amide bonds. The topological polar surface area (TPSA) is 73.4 Å². The van der Waals surface area contributed by atoms with Crippen LogP contribution in [0, 0.1) is 0 Å². The number of anilines is 1. The van der Waals surface area contributed by atoms with Crippen LogP contribution in [0.5, 0.6) is 17.2 Å². The van der Waals surface area contributed by atoms with Gasteiger partial charge in [0.15, 0.2) is 5.13 Å². The van der Waals surface area contributed by atoms with Crippen molar-refractivity contribution in [1.29, 1.82) is 0 Å². The van der Waals surface area contributed by atoms with E-state index in [0.29, 0.717) is 48.6 Å². The Bertz CT molecular complexity index is 1070. The van der Waals surface area contributed by atoms with Crippen molar-refractivity contribution in [2.24, 2.45) is 0 Å². The summed E-state index contributed by atoms with van der Waals surface area (Å²) in [6, 6.07) is 11.1. The van der Waals surface area contributed by atoms with E-state index in [9.17, 15) is 4.79 Å². The van der Waals surface area contributed by atoms with E-state index in [2.05, 4.69) is 4.90 Å². The first kappa shape index (κ1) is 23.3. The van der Waals surface area contributed by atoms with Gasteiger partial charge in [-0.15, -0.1) is 0 Å². The average Bonchev–Trinajstić information content (AvgIpc) is 3.29. The number of aromatic nitrogens is 1. The predicted octanol–water partition coefficient (Wildman–Crippen LogP) is 3.69. The number of amides is 1. The zero-order valence-corrected chi connectivity index (χ0v) is 20.0. The van der Waals surface area contributed by atoms with Crippen molar-refractivity contribution in [2.75, 3.05) is 65.1 Å². The molecule has 1 aliphatic heterocycles. The number of carbonyl (C=O) groups excluding carboxylic acids is 1. The first-order valence-corrected chi connectivity index (χ1v) is 11.8. The van der Waals surface area contributed by atoms with Gasteiger partial charge in [0.2, 0.25) is 0 Å². The van der Waals surface area contributed by atoms with Crippen LogP contribution in [0.15, 0.2) is 36.4 Å². The fourth-order valence-corrected chi connectivity index (χ4v) is 4.74. The van der Waals surface area contributed by atoms with E-state index in [0.717, 1.165) is 35.6 Å². The van der Waals surface area contributed by atoms with Crippen LogP contribution in [-0.4, -0.2) is 76.0 Å². The van der Waals surface area contributed by atoms with E-state index in [1.165, 1.54) is 11.3 Å². The normalized spacial score (nSPS) is 14.3. The number of para-hydroxylation sites is 1. The van der Waals surface area contributed by atoms with Gasteiger partial charge in [0.1, 0.15) is 22.8 Å². The van der Waals surface area contributed by atoms with Crippen molar-refractivity contribution in [2.45, 2.75) is 6.92 Å². The highest BCUT2D eigenvalue weighted by Crippen LogP contribution is 2.35. The number of methoxy groups -OCH3 is 2. The quantitative estimate of drug-likeness (QED) is 0.471. The summed E-state index contributed by atoms with van der Waals surface area (Å²) in [6.45, 7) is 6.84. The Morgan fingerprint density at radius 3 is 2.55 bits per heavy atom. The molecule has 0 spiro atoms. The van der Waals surface area contributed by atoms with Gasteiger partial charge < -0.3 is 18.9 Å². The Morgan fingerprint density at radius 2 is 1.88 bits per heavy atom. The van der Waals surface area contributed by atoms with Gasteiger partial charge in [-0.05, 0) is 31.2 Å². The maximum Gasteiger partial charge on any atom is 0.260 e. The molecule has 8 nitrogen and oxygen atoms in total. The molecule has 1 saturated heterocycles. The van der Waals surface area contributed by atoms with Gasteiger partial charge in [-0.1, -0.05) is 17.4 Å². The lowest BCUT2D eigenvalue weighted by Crippen LogP contribution is -2.43. The highest BCUT2D eigenvalue weighted by Gasteiger charge is 2.24. The number of hydrogen-bond donors (Lipinski definition) is 0. The van der Waals surface area contributed by atoms with E-state index in [4.69, 9.17) is 23.9 Å².